The molecule has 0 saturated carbocycles. The summed E-state index contributed by atoms with van der Waals surface area (Å²) in [4.78, 5) is 24.5. The summed E-state index contributed by atoms with van der Waals surface area (Å²) in [5, 5.41) is 23.2. The summed E-state index contributed by atoms with van der Waals surface area (Å²) in [6.45, 7) is 4.92. The zero-order valence-corrected chi connectivity index (χ0v) is 46.7. The highest BCUT2D eigenvalue weighted by atomic mass is 16.5. The van der Waals surface area contributed by atoms with Crippen LogP contribution in [-0.4, -0.2) is 47.4 Å². The van der Waals surface area contributed by atoms with Crippen molar-refractivity contribution < 1.29 is 24.5 Å². The number of unbranched alkanes of at least 4 members (excludes halogenated alkanes) is 38. The van der Waals surface area contributed by atoms with Gasteiger partial charge in [-0.1, -0.05) is 268 Å². The zero-order valence-electron chi connectivity index (χ0n) is 46.7. The van der Waals surface area contributed by atoms with Crippen LogP contribution in [0.4, 0.5) is 0 Å². The number of nitrogens with one attached hydrogen (secondary N) is 1. The van der Waals surface area contributed by atoms with Gasteiger partial charge in [-0.25, -0.2) is 0 Å². The lowest BCUT2D eigenvalue weighted by Crippen LogP contribution is -2.45. The SMILES string of the molecule is CCCCCC/C=C\C/C=C\CCCCCCCC(=O)OCCCCCCCCCCC/C=C\C/C=C\CCCCCCCCCCCC(=O)NC(CO)C(O)CCCCCCCCCCCCCC. The third-order valence-electron chi connectivity index (χ3n) is 14.1. The number of rotatable bonds is 57. The molecule has 1 amide bonds. The van der Waals surface area contributed by atoms with Gasteiger partial charge < -0.3 is 20.3 Å². The Morgan fingerprint density at radius 1 is 0.400 bits per heavy atom. The molecular weight excluding hydrogens is 863 g/mol. The molecule has 0 spiro atoms. The minimum atomic E-state index is -0.668. The normalized spacial score (nSPS) is 12.9. The Labute approximate surface area is 436 Å². The van der Waals surface area contributed by atoms with Crippen LogP contribution in [0.1, 0.15) is 322 Å². The van der Waals surface area contributed by atoms with Crippen LogP contribution >= 0.6 is 0 Å². The first-order valence-electron chi connectivity index (χ1n) is 30.9. The minimum absolute atomic E-state index is 0.00481. The number of allylic oxidation sites excluding steroid dienone is 8. The molecule has 0 aromatic rings. The van der Waals surface area contributed by atoms with Crippen molar-refractivity contribution in [2.24, 2.45) is 0 Å². The molecule has 0 heterocycles. The fourth-order valence-corrected chi connectivity index (χ4v) is 9.35. The first kappa shape index (κ1) is 67.8. The molecule has 0 aliphatic rings. The summed E-state index contributed by atoms with van der Waals surface area (Å²) in [7, 11) is 0. The summed E-state index contributed by atoms with van der Waals surface area (Å²) in [6.07, 6.45) is 75.5. The number of carbonyl (C=O) groups is 2. The van der Waals surface area contributed by atoms with Crippen molar-refractivity contribution in [2.75, 3.05) is 13.2 Å². The molecule has 6 heteroatoms. The molecule has 0 radical (unpaired) electrons. The third kappa shape index (κ3) is 55.1. The summed E-state index contributed by atoms with van der Waals surface area (Å²) in [5.74, 6) is -0.0466. The van der Waals surface area contributed by atoms with Gasteiger partial charge in [0, 0.05) is 12.8 Å². The van der Waals surface area contributed by atoms with Gasteiger partial charge in [-0.05, 0) is 89.9 Å². The Kier molecular flexibility index (Phi) is 57.5. The number of esters is 1. The molecule has 0 fully saturated rings. The van der Waals surface area contributed by atoms with Crippen molar-refractivity contribution in [3.63, 3.8) is 0 Å². The van der Waals surface area contributed by atoms with Crippen molar-refractivity contribution in [2.45, 2.75) is 334 Å². The first-order chi connectivity index (χ1) is 34.5. The third-order valence-corrected chi connectivity index (χ3v) is 14.1. The molecule has 70 heavy (non-hydrogen) atoms. The van der Waals surface area contributed by atoms with E-state index in [1.54, 1.807) is 0 Å². The van der Waals surface area contributed by atoms with Crippen LogP contribution in [0.2, 0.25) is 0 Å². The average Bonchev–Trinajstić information content (AvgIpc) is 3.36. The lowest BCUT2D eigenvalue weighted by atomic mass is 10.0. The Balaban J connectivity index is 3.43. The molecule has 0 aliphatic heterocycles. The van der Waals surface area contributed by atoms with E-state index < -0.39 is 12.1 Å². The van der Waals surface area contributed by atoms with Gasteiger partial charge in [0.15, 0.2) is 0 Å². The predicted octanol–water partition coefficient (Wildman–Crippen LogP) is 19.4. The Morgan fingerprint density at radius 3 is 1.10 bits per heavy atom. The second kappa shape index (κ2) is 59.4. The van der Waals surface area contributed by atoms with E-state index in [0.29, 0.717) is 25.9 Å². The first-order valence-corrected chi connectivity index (χ1v) is 30.9. The average molecular weight is 983 g/mol. The maximum atomic E-state index is 12.5. The van der Waals surface area contributed by atoms with E-state index in [4.69, 9.17) is 4.74 Å². The Bertz CT molecular complexity index is 1180. The standard InChI is InChI=1S/C64H119NO5/c1-3-5-7-9-11-13-15-17-18-31-34-38-42-46-50-54-58-64(69)70-59-55-51-47-43-39-35-32-29-27-25-23-21-19-20-22-24-26-28-30-33-37-41-45-49-53-57-63(68)65-61(60-66)62(67)56-52-48-44-40-36-16-14-12-10-8-6-4-2/h13,15,18,20-23,31,61-62,66-67H,3-12,14,16-17,19,24-30,32-60H2,1-2H3,(H,65,68)/b15-13-,22-20-,23-21-,31-18-. The highest BCUT2D eigenvalue weighted by molar-refractivity contribution is 5.76. The summed E-state index contributed by atoms with van der Waals surface area (Å²) in [6, 6.07) is -0.546. The van der Waals surface area contributed by atoms with E-state index in [0.717, 1.165) is 57.8 Å². The van der Waals surface area contributed by atoms with Gasteiger partial charge in [-0.3, -0.25) is 9.59 Å². The van der Waals surface area contributed by atoms with Gasteiger partial charge in [-0.2, -0.15) is 0 Å². The van der Waals surface area contributed by atoms with Crippen molar-refractivity contribution >= 4 is 11.9 Å². The van der Waals surface area contributed by atoms with Gasteiger partial charge in [0.1, 0.15) is 0 Å². The van der Waals surface area contributed by atoms with E-state index in [1.807, 2.05) is 0 Å². The lowest BCUT2D eigenvalue weighted by molar-refractivity contribution is -0.143. The number of aliphatic hydroxyl groups excluding tert-OH is 2. The molecule has 0 aliphatic carbocycles. The number of aliphatic hydroxyl groups is 2. The summed E-state index contributed by atoms with van der Waals surface area (Å²) in [5.41, 5.74) is 0. The van der Waals surface area contributed by atoms with Crippen molar-refractivity contribution in [3.05, 3.63) is 48.6 Å². The quantitative estimate of drug-likeness (QED) is 0.0321. The van der Waals surface area contributed by atoms with E-state index in [9.17, 15) is 19.8 Å². The van der Waals surface area contributed by atoms with Gasteiger partial charge in [0.25, 0.3) is 0 Å². The Hall–Kier alpha value is -2.18. The molecular formula is C64H119NO5. The Morgan fingerprint density at radius 2 is 0.714 bits per heavy atom. The largest absolute Gasteiger partial charge is 0.466 e. The van der Waals surface area contributed by atoms with Crippen LogP contribution in [0.25, 0.3) is 0 Å². The second-order valence-electron chi connectivity index (χ2n) is 21.0. The molecule has 2 atom stereocenters. The van der Waals surface area contributed by atoms with E-state index in [2.05, 4.69) is 67.8 Å². The molecule has 3 N–H and O–H groups in total. The fraction of sp³-hybridized carbons (Fsp3) is 0.844. The highest BCUT2D eigenvalue weighted by Crippen LogP contribution is 2.17. The minimum Gasteiger partial charge on any atom is -0.466 e. The molecule has 0 aromatic heterocycles. The molecule has 6 nitrogen and oxygen atoms in total. The van der Waals surface area contributed by atoms with Crippen LogP contribution < -0.4 is 5.32 Å². The highest BCUT2D eigenvalue weighted by Gasteiger charge is 2.20. The van der Waals surface area contributed by atoms with Crippen LogP contribution in [-0.2, 0) is 14.3 Å². The maximum Gasteiger partial charge on any atom is 0.305 e. The lowest BCUT2D eigenvalue weighted by Gasteiger charge is -2.22. The van der Waals surface area contributed by atoms with Gasteiger partial charge in [-0.15, -0.1) is 0 Å². The summed E-state index contributed by atoms with van der Waals surface area (Å²) < 4.78 is 5.48. The monoisotopic (exact) mass is 982 g/mol. The molecule has 2 unspecified atom stereocenters. The van der Waals surface area contributed by atoms with Crippen molar-refractivity contribution in [3.8, 4) is 0 Å². The topological polar surface area (TPSA) is 95.9 Å². The van der Waals surface area contributed by atoms with Crippen LogP contribution in [0.5, 0.6) is 0 Å². The molecule has 0 rings (SSSR count). The number of carbonyl (C=O) groups excluding carboxylic acids is 2. The van der Waals surface area contributed by atoms with Gasteiger partial charge >= 0.3 is 5.97 Å². The van der Waals surface area contributed by atoms with Gasteiger partial charge in [0.05, 0.1) is 25.4 Å². The fourth-order valence-electron chi connectivity index (χ4n) is 9.35. The zero-order chi connectivity index (χ0) is 50.7. The van der Waals surface area contributed by atoms with Crippen molar-refractivity contribution in [1.29, 1.82) is 0 Å². The molecule has 0 saturated heterocycles. The smallest absolute Gasteiger partial charge is 0.305 e. The molecule has 410 valence electrons. The van der Waals surface area contributed by atoms with E-state index >= 15 is 0 Å². The number of ether oxygens (including phenoxy) is 1. The van der Waals surface area contributed by atoms with Crippen LogP contribution in [0.15, 0.2) is 48.6 Å². The molecule has 0 bridgehead atoms. The number of hydrogen-bond acceptors (Lipinski definition) is 5. The van der Waals surface area contributed by atoms with E-state index in [-0.39, 0.29) is 18.5 Å². The summed E-state index contributed by atoms with van der Waals surface area (Å²) >= 11 is 0. The maximum absolute atomic E-state index is 12.5. The number of hydrogen-bond donors (Lipinski definition) is 3. The van der Waals surface area contributed by atoms with Crippen molar-refractivity contribution in [1.82, 2.24) is 5.32 Å². The molecule has 0 aromatic carbocycles. The predicted molar refractivity (Wildman–Crippen MR) is 306 cm³/mol. The van der Waals surface area contributed by atoms with Crippen LogP contribution in [0, 0.1) is 0 Å². The second-order valence-corrected chi connectivity index (χ2v) is 21.0. The number of amides is 1. The van der Waals surface area contributed by atoms with E-state index in [1.165, 1.54) is 231 Å². The van der Waals surface area contributed by atoms with Gasteiger partial charge in [0.2, 0.25) is 5.91 Å². The van der Waals surface area contributed by atoms with Crippen LogP contribution in [0.3, 0.4) is 0 Å².